The Morgan fingerprint density at radius 3 is 2.72 bits per heavy atom. The van der Waals surface area contributed by atoms with E-state index in [1.165, 1.54) is 5.56 Å². The number of rotatable bonds is 7. The van der Waals surface area contributed by atoms with Crippen molar-refractivity contribution in [1.29, 1.82) is 0 Å². The molecule has 3 nitrogen and oxygen atoms in total. The highest BCUT2D eigenvalue weighted by Gasteiger charge is 2.06. The first-order valence-electron chi connectivity index (χ1n) is 6.63. The fourth-order valence-corrected chi connectivity index (χ4v) is 1.79. The summed E-state index contributed by atoms with van der Waals surface area (Å²) in [4.78, 5) is 11.3. The second-order valence-corrected chi connectivity index (χ2v) is 4.60. The Bertz CT molecular complexity index is 375. The lowest BCUT2D eigenvalue weighted by Crippen LogP contribution is -2.22. The average molecular weight is 249 g/mol. The van der Waals surface area contributed by atoms with Gasteiger partial charge in [0, 0.05) is 13.0 Å². The first-order chi connectivity index (χ1) is 8.65. The van der Waals surface area contributed by atoms with Crippen LogP contribution in [0.4, 0.5) is 0 Å². The summed E-state index contributed by atoms with van der Waals surface area (Å²) in [7, 11) is 0. The van der Waals surface area contributed by atoms with Crippen LogP contribution in [0, 0.1) is 0 Å². The largest absolute Gasteiger partial charge is 0.493 e. The Labute approximate surface area is 110 Å². The summed E-state index contributed by atoms with van der Waals surface area (Å²) in [5, 5.41) is 2.78. The molecule has 0 saturated carbocycles. The Kier molecular flexibility index (Phi) is 6.26. The molecule has 0 aromatic heterocycles. The Balaban J connectivity index is 2.37. The van der Waals surface area contributed by atoms with E-state index in [9.17, 15) is 4.79 Å². The standard InChI is InChI=1S/C15H23NO2/c1-4-16-15(17)10-7-11-18-14-9-6-5-8-13(14)12(2)3/h5-6,8-9,12H,4,7,10-11H2,1-3H3,(H,16,17). The number of benzene rings is 1. The molecule has 0 spiro atoms. The van der Waals surface area contributed by atoms with Crippen LogP contribution in [-0.2, 0) is 4.79 Å². The summed E-state index contributed by atoms with van der Waals surface area (Å²) < 4.78 is 5.75. The van der Waals surface area contributed by atoms with E-state index in [0.29, 0.717) is 25.5 Å². The fourth-order valence-electron chi connectivity index (χ4n) is 1.79. The van der Waals surface area contributed by atoms with E-state index in [0.717, 1.165) is 12.2 Å². The zero-order valence-electron chi connectivity index (χ0n) is 11.5. The third-order valence-electron chi connectivity index (χ3n) is 2.72. The lowest BCUT2D eigenvalue weighted by atomic mass is 10.0. The van der Waals surface area contributed by atoms with Crippen molar-refractivity contribution in [2.75, 3.05) is 13.2 Å². The van der Waals surface area contributed by atoms with Crippen LogP contribution < -0.4 is 10.1 Å². The maximum atomic E-state index is 11.3. The number of hydrogen-bond donors (Lipinski definition) is 1. The maximum Gasteiger partial charge on any atom is 0.220 e. The molecule has 0 fully saturated rings. The number of carbonyl (C=O) groups excluding carboxylic acids is 1. The smallest absolute Gasteiger partial charge is 0.220 e. The highest BCUT2D eigenvalue weighted by Crippen LogP contribution is 2.25. The van der Waals surface area contributed by atoms with Gasteiger partial charge in [0.1, 0.15) is 5.75 Å². The molecular formula is C15H23NO2. The summed E-state index contributed by atoms with van der Waals surface area (Å²) in [6.07, 6.45) is 1.27. The van der Waals surface area contributed by atoms with Crippen LogP contribution in [0.1, 0.15) is 45.1 Å². The van der Waals surface area contributed by atoms with Crippen molar-refractivity contribution < 1.29 is 9.53 Å². The van der Waals surface area contributed by atoms with Crippen LogP contribution in [0.2, 0.25) is 0 Å². The summed E-state index contributed by atoms with van der Waals surface area (Å²) in [5.41, 5.74) is 1.22. The monoisotopic (exact) mass is 249 g/mol. The minimum absolute atomic E-state index is 0.0956. The van der Waals surface area contributed by atoms with Crippen molar-refractivity contribution in [1.82, 2.24) is 5.32 Å². The van der Waals surface area contributed by atoms with Crippen LogP contribution in [0.25, 0.3) is 0 Å². The zero-order chi connectivity index (χ0) is 13.4. The van der Waals surface area contributed by atoms with Crippen molar-refractivity contribution >= 4 is 5.91 Å². The number of nitrogens with one attached hydrogen (secondary N) is 1. The number of hydrogen-bond acceptors (Lipinski definition) is 2. The van der Waals surface area contributed by atoms with Crippen LogP contribution in [-0.4, -0.2) is 19.1 Å². The molecule has 1 amide bonds. The molecule has 0 aliphatic heterocycles. The first kappa shape index (κ1) is 14.6. The van der Waals surface area contributed by atoms with Gasteiger partial charge in [-0.3, -0.25) is 4.79 Å². The van der Waals surface area contributed by atoms with Gasteiger partial charge in [-0.1, -0.05) is 32.0 Å². The normalized spacial score (nSPS) is 10.4. The maximum absolute atomic E-state index is 11.3. The molecule has 1 rings (SSSR count). The molecule has 1 aromatic rings. The van der Waals surface area contributed by atoms with E-state index in [4.69, 9.17) is 4.74 Å². The van der Waals surface area contributed by atoms with Crippen molar-refractivity contribution in [3.63, 3.8) is 0 Å². The van der Waals surface area contributed by atoms with Crippen molar-refractivity contribution in [2.45, 2.75) is 39.5 Å². The predicted octanol–water partition coefficient (Wildman–Crippen LogP) is 3.11. The second kappa shape index (κ2) is 7.75. The van der Waals surface area contributed by atoms with Gasteiger partial charge in [-0.25, -0.2) is 0 Å². The van der Waals surface area contributed by atoms with Crippen LogP contribution in [0.15, 0.2) is 24.3 Å². The van der Waals surface area contributed by atoms with Crippen molar-refractivity contribution in [3.05, 3.63) is 29.8 Å². The number of carbonyl (C=O) groups is 1. The van der Waals surface area contributed by atoms with E-state index in [2.05, 4.69) is 25.2 Å². The number of amides is 1. The number of para-hydroxylation sites is 1. The molecule has 0 atom stereocenters. The van der Waals surface area contributed by atoms with Crippen molar-refractivity contribution in [2.24, 2.45) is 0 Å². The lowest BCUT2D eigenvalue weighted by molar-refractivity contribution is -0.121. The molecule has 1 aromatic carbocycles. The van der Waals surface area contributed by atoms with Gasteiger partial charge in [-0.05, 0) is 30.9 Å². The van der Waals surface area contributed by atoms with E-state index in [1.54, 1.807) is 0 Å². The van der Waals surface area contributed by atoms with Gasteiger partial charge < -0.3 is 10.1 Å². The predicted molar refractivity (Wildman–Crippen MR) is 73.9 cm³/mol. The highest BCUT2D eigenvalue weighted by atomic mass is 16.5. The Morgan fingerprint density at radius 1 is 1.33 bits per heavy atom. The molecule has 3 heteroatoms. The van der Waals surface area contributed by atoms with Gasteiger partial charge in [-0.15, -0.1) is 0 Å². The molecule has 100 valence electrons. The number of ether oxygens (including phenoxy) is 1. The van der Waals surface area contributed by atoms with Gasteiger partial charge in [-0.2, -0.15) is 0 Å². The summed E-state index contributed by atoms with van der Waals surface area (Å²) in [6.45, 7) is 7.50. The zero-order valence-corrected chi connectivity index (χ0v) is 11.5. The molecule has 0 aliphatic rings. The third-order valence-corrected chi connectivity index (χ3v) is 2.72. The molecule has 0 saturated heterocycles. The molecule has 0 unspecified atom stereocenters. The molecule has 0 bridgehead atoms. The summed E-state index contributed by atoms with van der Waals surface area (Å²) in [5.74, 6) is 1.48. The third kappa shape index (κ3) is 4.78. The van der Waals surface area contributed by atoms with E-state index >= 15 is 0 Å². The minimum Gasteiger partial charge on any atom is -0.493 e. The topological polar surface area (TPSA) is 38.3 Å². The molecule has 0 radical (unpaired) electrons. The SMILES string of the molecule is CCNC(=O)CCCOc1ccccc1C(C)C. The van der Waals surface area contributed by atoms with E-state index in [-0.39, 0.29) is 5.91 Å². The van der Waals surface area contributed by atoms with Gasteiger partial charge >= 0.3 is 0 Å². The van der Waals surface area contributed by atoms with Gasteiger partial charge in [0.25, 0.3) is 0 Å². The van der Waals surface area contributed by atoms with Crippen LogP contribution >= 0.6 is 0 Å². The lowest BCUT2D eigenvalue weighted by Gasteiger charge is -2.13. The summed E-state index contributed by atoms with van der Waals surface area (Å²) in [6, 6.07) is 8.08. The van der Waals surface area contributed by atoms with E-state index < -0.39 is 0 Å². The minimum atomic E-state index is 0.0956. The molecule has 1 N–H and O–H groups in total. The average Bonchev–Trinajstić information content (AvgIpc) is 2.35. The molecule has 0 aliphatic carbocycles. The quantitative estimate of drug-likeness (QED) is 0.754. The molecule has 18 heavy (non-hydrogen) atoms. The molecule has 0 heterocycles. The fraction of sp³-hybridized carbons (Fsp3) is 0.533. The van der Waals surface area contributed by atoms with E-state index in [1.807, 2.05) is 25.1 Å². The van der Waals surface area contributed by atoms with Crippen LogP contribution in [0.5, 0.6) is 5.75 Å². The van der Waals surface area contributed by atoms with Crippen molar-refractivity contribution in [3.8, 4) is 5.75 Å². The Hall–Kier alpha value is -1.51. The first-order valence-corrected chi connectivity index (χ1v) is 6.63. The van der Waals surface area contributed by atoms with Gasteiger partial charge in [0.2, 0.25) is 5.91 Å². The highest BCUT2D eigenvalue weighted by molar-refractivity contribution is 5.75. The van der Waals surface area contributed by atoms with Gasteiger partial charge in [0.05, 0.1) is 6.61 Å². The Morgan fingerprint density at radius 2 is 2.06 bits per heavy atom. The van der Waals surface area contributed by atoms with Crippen LogP contribution in [0.3, 0.4) is 0 Å². The summed E-state index contributed by atoms with van der Waals surface area (Å²) >= 11 is 0. The van der Waals surface area contributed by atoms with Gasteiger partial charge in [0.15, 0.2) is 0 Å². The molecular weight excluding hydrogens is 226 g/mol. The second-order valence-electron chi connectivity index (χ2n) is 4.60.